The summed E-state index contributed by atoms with van der Waals surface area (Å²) in [7, 11) is 0. The third-order valence-electron chi connectivity index (χ3n) is 6.78. The summed E-state index contributed by atoms with van der Waals surface area (Å²) in [5, 5.41) is 2.00. The molecule has 3 heterocycles. The number of aryl methyl sites for hydroxylation is 1. The first-order valence-electron chi connectivity index (χ1n) is 11.2. The number of anilines is 1. The molecule has 1 aliphatic heterocycles. The highest BCUT2D eigenvalue weighted by Crippen LogP contribution is 2.42. The highest BCUT2D eigenvalue weighted by molar-refractivity contribution is 7.15. The highest BCUT2D eigenvalue weighted by Gasteiger charge is 2.43. The Morgan fingerprint density at radius 1 is 1.00 bits per heavy atom. The van der Waals surface area contributed by atoms with E-state index in [2.05, 4.69) is 27.0 Å². The average Bonchev–Trinajstić information content (AvgIpc) is 3.37. The van der Waals surface area contributed by atoms with Crippen LogP contribution in [-0.4, -0.2) is 33.3 Å². The molecule has 1 saturated carbocycles. The summed E-state index contributed by atoms with van der Waals surface area (Å²) in [4.78, 5) is 31.1. The lowest BCUT2D eigenvalue weighted by Gasteiger charge is -2.28. The fourth-order valence-electron chi connectivity index (χ4n) is 5.37. The van der Waals surface area contributed by atoms with Crippen molar-refractivity contribution in [1.82, 2.24) is 15.0 Å². The van der Waals surface area contributed by atoms with Gasteiger partial charge in [0.25, 0.3) is 0 Å². The number of para-hydroxylation sites is 1. The minimum atomic E-state index is 0.00756. The van der Waals surface area contributed by atoms with Crippen LogP contribution in [0, 0.1) is 18.8 Å². The van der Waals surface area contributed by atoms with Gasteiger partial charge in [-0.1, -0.05) is 48.5 Å². The van der Waals surface area contributed by atoms with E-state index in [0.717, 1.165) is 58.1 Å². The van der Waals surface area contributed by atoms with Crippen LogP contribution in [0.1, 0.15) is 34.8 Å². The van der Waals surface area contributed by atoms with Gasteiger partial charge in [0.1, 0.15) is 5.69 Å². The van der Waals surface area contributed by atoms with E-state index in [0.29, 0.717) is 17.7 Å². The van der Waals surface area contributed by atoms with Crippen molar-refractivity contribution < 1.29 is 4.79 Å². The maximum atomic E-state index is 13.6. The Labute approximate surface area is 191 Å². The normalized spacial score (nSPS) is 22.4. The maximum absolute atomic E-state index is 13.6. The van der Waals surface area contributed by atoms with Crippen LogP contribution >= 0.6 is 11.3 Å². The number of nitrogens with zero attached hydrogens (tertiary/aromatic N) is 4. The van der Waals surface area contributed by atoms with Gasteiger partial charge in [-0.15, -0.1) is 11.3 Å². The predicted molar refractivity (Wildman–Crippen MR) is 128 cm³/mol. The largest absolute Gasteiger partial charge is 0.338 e. The number of rotatable bonds is 4. The first-order chi connectivity index (χ1) is 15.7. The molecule has 2 fully saturated rings. The third kappa shape index (κ3) is 3.39. The van der Waals surface area contributed by atoms with Crippen molar-refractivity contribution in [2.75, 3.05) is 11.4 Å². The van der Waals surface area contributed by atoms with Crippen LogP contribution in [0.2, 0.25) is 0 Å². The van der Waals surface area contributed by atoms with Crippen LogP contribution in [0.15, 0.2) is 60.8 Å². The van der Waals surface area contributed by atoms with Crippen molar-refractivity contribution in [3.05, 3.63) is 71.5 Å². The molecular weight excluding hydrogens is 416 g/mol. The molecule has 32 heavy (non-hydrogen) atoms. The summed E-state index contributed by atoms with van der Waals surface area (Å²) < 4.78 is 0. The van der Waals surface area contributed by atoms with Crippen molar-refractivity contribution in [3.8, 4) is 10.4 Å². The molecule has 4 aromatic rings. The number of aromatic nitrogens is 3. The summed E-state index contributed by atoms with van der Waals surface area (Å²) >= 11 is 1.61. The van der Waals surface area contributed by atoms with Gasteiger partial charge in [0.15, 0.2) is 5.78 Å². The predicted octanol–water partition coefficient (Wildman–Crippen LogP) is 5.55. The summed E-state index contributed by atoms with van der Waals surface area (Å²) in [5.74, 6) is 1.49. The summed E-state index contributed by atoms with van der Waals surface area (Å²) in [6.07, 6.45) is 4.79. The molecule has 0 N–H and O–H groups in total. The van der Waals surface area contributed by atoms with Crippen LogP contribution in [0.5, 0.6) is 0 Å². The molecule has 0 spiro atoms. The molecule has 1 saturated heterocycles. The Balaban J connectivity index is 1.27. The number of hydrogen-bond acceptors (Lipinski definition) is 6. The minimum absolute atomic E-state index is 0.00756. The Morgan fingerprint density at radius 3 is 2.69 bits per heavy atom. The molecule has 3 unspecified atom stereocenters. The SMILES string of the molecule is Cc1nc(C(=O)C2CC3CC(C2)N(c2ncc4ccccc4n2)C3)c(-c2ccccc2)s1. The molecule has 2 aromatic heterocycles. The van der Waals surface area contributed by atoms with E-state index in [9.17, 15) is 4.79 Å². The number of Topliss-reactive ketones (excluding diaryl/α,β-unsaturated/α-hetero) is 1. The van der Waals surface area contributed by atoms with Gasteiger partial charge in [0, 0.05) is 30.1 Å². The summed E-state index contributed by atoms with van der Waals surface area (Å²) in [6, 6.07) is 18.6. The van der Waals surface area contributed by atoms with Gasteiger partial charge in [0.2, 0.25) is 5.95 Å². The van der Waals surface area contributed by atoms with Crippen LogP contribution in [0.3, 0.4) is 0 Å². The number of fused-ring (bicyclic) bond motifs is 3. The molecule has 3 atom stereocenters. The molecule has 6 rings (SSSR count). The van der Waals surface area contributed by atoms with Gasteiger partial charge in [-0.25, -0.2) is 15.0 Å². The van der Waals surface area contributed by atoms with E-state index in [-0.39, 0.29) is 11.7 Å². The van der Waals surface area contributed by atoms with Gasteiger partial charge in [-0.3, -0.25) is 4.79 Å². The summed E-state index contributed by atoms with van der Waals surface area (Å²) in [5.41, 5.74) is 2.70. The second-order valence-electron chi connectivity index (χ2n) is 8.95. The van der Waals surface area contributed by atoms with Crippen LogP contribution in [-0.2, 0) is 0 Å². The van der Waals surface area contributed by atoms with E-state index in [1.165, 1.54) is 0 Å². The molecule has 2 bridgehead atoms. The molecular formula is C26H24N4OS. The number of benzene rings is 2. The molecule has 1 aliphatic carbocycles. The van der Waals surface area contributed by atoms with Crippen molar-refractivity contribution in [2.45, 2.75) is 32.2 Å². The van der Waals surface area contributed by atoms with E-state index in [1.807, 2.05) is 55.6 Å². The Hall–Kier alpha value is -3.12. The quantitative estimate of drug-likeness (QED) is 0.390. The molecule has 6 heteroatoms. The van der Waals surface area contributed by atoms with Crippen molar-refractivity contribution in [1.29, 1.82) is 0 Å². The highest BCUT2D eigenvalue weighted by atomic mass is 32.1. The van der Waals surface area contributed by atoms with Crippen molar-refractivity contribution in [3.63, 3.8) is 0 Å². The topological polar surface area (TPSA) is 59.0 Å². The van der Waals surface area contributed by atoms with E-state index >= 15 is 0 Å². The zero-order valence-corrected chi connectivity index (χ0v) is 18.8. The maximum Gasteiger partial charge on any atom is 0.226 e. The number of carbonyl (C=O) groups excluding carboxylic acids is 1. The standard InChI is InChI=1S/C26H24N4OS/c1-16-28-23(25(32-16)18-7-3-2-4-8-18)24(31)20-11-17-12-21(13-20)30(15-17)26-27-14-19-9-5-6-10-22(19)29-26/h2-10,14,17,20-21H,11-13,15H2,1H3. The lowest BCUT2D eigenvalue weighted by Crippen LogP contribution is -2.34. The molecule has 5 nitrogen and oxygen atoms in total. The third-order valence-corrected chi connectivity index (χ3v) is 7.80. The van der Waals surface area contributed by atoms with Crippen molar-refractivity contribution >= 4 is 34.0 Å². The number of thiazole rings is 1. The van der Waals surface area contributed by atoms with Crippen LogP contribution < -0.4 is 4.90 Å². The molecule has 0 amide bonds. The number of ketones is 1. The fourth-order valence-corrected chi connectivity index (χ4v) is 6.30. The first kappa shape index (κ1) is 19.6. The Kier molecular flexibility index (Phi) is 4.76. The lowest BCUT2D eigenvalue weighted by molar-refractivity contribution is 0.0870. The zero-order chi connectivity index (χ0) is 21.7. The second kappa shape index (κ2) is 7.78. The Bertz CT molecular complexity index is 1300. The van der Waals surface area contributed by atoms with Gasteiger partial charge in [-0.05, 0) is 43.7 Å². The number of hydrogen-bond donors (Lipinski definition) is 0. The van der Waals surface area contributed by atoms with Gasteiger partial charge in [0.05, 0.1) is 15.4 Å². The van der Waals surface area contributed by atoms with Crippen molar-refractivity contribution in [2.24, 2.45) is 11.8 Å². The lowest BCUT2D eigenvalue weighted by atomic mass is 9.79. The molecule has 2 aromatic carbocycles. The second-order valence-corrected chi connectivity index (χ2v) is 10.1. The number of carbonyl (C=O) groups is 1. The van der Waals surface area contributed by atoms with Gasteiger partial charge in [-0.2, -0.15) is 0 Å². The Morgan fingerprint density at radius 2 is 1.81 bits per heavy atom. The van der Waals surface area contributed by atoms with Gasteiger partial charge < -0.3 is 4.90 Å². The first-order valence-corrected chi connectivity index (χ1v) is 12.0. The molecule has 0 radical (unpaired) electrons. The zero-order valence-electron chi connectivity index (χ0n) is 17.9. The monoisotopic (exact) mass is 440 g/mol. The van der Waals surface area contributed by atoms with Gasteiger partial charge >= 0.3 is 0 Å². The van der Waals surface area contributed by atoms with E-state index in [4.69, 9.17) is 4.98 Å². The minimum Gasteiger partial charge on any atom is -0.338 e. The average molecular weight is 441 g/mol. The smallest absolute Gasteiger partial charge is 0.226 e. The van der Waals surface area contributed by atoms with Crippen LogP contribution in [0.25, 0.3) is 21.3 Å². The van der Waals surface area contributed by atoms with E-state index < -0.39 is 0 Å². The fraction of sp³-hybridized carbons (Fsp3) is 0.308. The van der Waals surface area contributed by atoms with Crippen LogP contribution in [0.4, 0.5) is 5.95 Å². The van der Waals surface area contributed by atoms with E-state index in [1.54, 1.807) is 11.3 Å². The summed E-state index contributed by atoms with van der Waals surface area (Å²) in [6.45, 7) is 2.91. The molecule has 2 aliphatic rings. The molecule has 160 valence electrons.